The molecular formula is C25H24F3N5O2. The molecule has 3 fully saturated rings. The lowest BCUT2D eigenvalue weighted by Crippen LogP contribution is -2.81. The molecule has 3 heterocycles. The lowest BCUT2D eigenvalue weighted by Gasteiger charge is -2.59. The van der Waals surface area contributed by atoms with Crippen LogP contribution in [0.15, 0.2) is 42.6 Å². The number of pyridine rings is 1. The van der Waals surface area contributed by atoms with Crippen LogP contribution in [-0.4, -0.2) is 57.8 Å². The summed E-state index contributed by atoms with van der Waals surface area (Å²) in [7, 11) is 0. The van der Waals surface area contributed by atoms with Crippen molar-refractivity contribution in [3.63, 3.8) is 0 Å². The second kappa shape index (κ2) is 8.56. The molecule has 1 aromatic carbocycles. The summed E-state index contributed by atoms with van der Waals surface area (Å²) in [5.74, 6) is 0.284. The van der Waals surface area contributed by atoms with Crippen LogP contribution in [0.3, 0.4) is 0 Å². The Morgan fingerprint density at radius 2 is 1.74 bits per heavy atom. The van der Waals surface area contributed by atoms with Crippen molar-refractivity contribution in [3.05, 3.63) is 59.3 Å². The number of anilines is 1. The smallest absolute Gasteiger partial charge is 0.351 e. The number of alkyl halides is 3. The number of rotatable bonds is 4. The van der Waals surface area contributed by atoms with Gasteiger partial charge in [-0.1, -0.05) is 25.0 Å². The van der Waals surface area contributed by atoms with Gasteiger partial charge in [-0.25, -0.2) is 4.98 Å². The Morgan fingerprint density at radius 1 is 1.06 bits per heavy atom. The minimum Gasteiger partial charge on any atom is -0.351 e. The van der Waals surface area contributed by atoms with E-state index in [1.54, 1.807) is 17.0 Å². The topological polar surface area (TPSA) is 80.5 Å². The molecule has 0 N–H and O–H groups in total. The van der Waals surface area contributed by atoms with E-state index in [4.69, 9.17) is 5.26 Å². The molecule has 1 saturated carbocycles. The van der Waals surface area contributed by atoms with Gasteiger partial charge in [-0.2, -0.15) is 18.4 Å². The van der Waals surface area contributed by atoms with Crippen LogP contribution in [0.2, 0.25) is 0 Å². The zero-order chi connectivity index (χ0) is 24.8. The van der Waals surface area contributed by atoms with Crippen molar-refractivity contribution in [2.75, 3.05) is 24.5 Å². The van der Waals surface area contributed by atoms with Gasteiger partial charge in [-0.3, -0.25) is 9.59 Å². The van der Waals surface area contributed by atoms with Crippen LogP contribution in [0, 0.1) is 11.3 Å². The molecule has 0 atom stereocenters. The molecule has 182 valence electrons. The van der Waals surface area contributed by atoms with Gasteiger partial charge in [0.15, 0.2) is 5.54 Å². The maximum atomic E-state index is 13.8. The average Bonchev–Trinajstić information content (AvgIpc) is 3.35. The zero-order valence-electron chi connectivity index (χ0n) is 19.0. The van der Waals surface area contributed by atoms with Crippen LogP contribution < -0.4 is 4.90 Å². The van der Waals surface area contributed by atoms with Crippen molar-refractivity contribution in [1.29, 1.82) is 5.26 Å². The van der Waals surface area contributed by atoms with Crippen molar-refractivity contribution in [3.8, 4) is 6.07 Å². The highest BCUT2D eigenvalue weighted by molar-refractivity contribution is 6.00. The van der Waals surface area contributed by atoms with Gasteiger partial charge in [0.25, 0.3) is 5.91 Å². The van der Waals surface area contributed by atoms with Gasteiger partial charge >= 0.3 is 6.18 Å². The summed E-state index contributed by atoms with van der Waals surface area (Å²) in [6.45, 7) is 0.511. The average molecular weight is 483 g/mol. The minimum atomic E-state index is -4.44. The van der Waals surface area contributed by atoms with Crippen molar-refractivity contribution < 1.29 is 22.8 Å². The van der Waals surface area contributed by atoms with Gasteiger partial charge in [0, 0.05) is 18.8 Å². The summed E-state index contributed by atoms with van der Waals surface area (Å²) < 4.78 is 38.9. The van der Waals surface area contributed by atoms with E-state index in [2.05, 4.69) is 4.98 Å². The summed E-state index contributed by atoms with van der Waals surface area (Å²) in [5.41, 5.74) is -0.908. The largest absolute Gasteiger partial charge is 0.416 e. The number of piperazine rings is 1. The van der Waals surface area contributed by atoms with Crippen LogP contribution in [0.1, 0.15) is 42.4 Å². The Hall–Kier alpha value is -3.61. The first-order chi connectivity index (χ1) is 16.7. The normalized spacial score (nSPS) is 20.3. The third-order valence-corrected chi connectivity index (χ3v) is 7.28. The van der Waals surface area contributed by atoms with Crippen LogP contribution in [0.25, 0.3) is 0 Å². The van der Waals surface area contributed by atoms with Gasteiger partial charge in [-0.05, 0) is 42.7 Å². The quantitative estimate of drug-likeness (QED) is 0.667. The SMILES string of the molecule is N#Cc1ccc(N2CC3(C2)C(=O)N(C2CCCC2)CC(=O)N3Cc2ccc(C(F)(F)F)cc2)nc1. The molecule has 5 rings (SSSR count). The van der Waals surface area contributed by atoms with Gasteiger partial charge < -0.3 is 14.7 Å². The number of halogens is 3. The Morgan fingerprint density at radius 3 is 2.31 bits per heavy atom. The molecule has 35 heavy (non-hydrogen) atoms. The van der Waals surface area contributed by atoms with Crippen molar-refractivity contribution in [2.24, 2.45) is 0 Å². The molecule has 1 spiro atoms. The first kappa shape index (κ1) is 23.1. The fourth-order valence-electron chi connectivity index (χ4n) is 5.35. The number of hydrogen-bond donors (Lipinski definition) is 0. The van der Waals surface area contributed by atoms with E-state index in [-0.39, 0.29) is 44.0 Å². The number of benzene rings is 1. The number of carbonyl (C=O) groups is 2. The summed E-state index contributed by atoms with van der Waals surface area (Å²) in [5, 5.41) is 9.01. The second-order valence-electron chi connectivity index (χ2n) is 9.45. The van der Waals surface area contributed by atoms with Crippen LogP contribution in [0.4, 0.5) is 19.0 Å². The summed E-state index contributed by atoms with van der Waals surface area (Å²) in [6.07, 6.45) is 0.794. The molecule has 0 radical (unpaired) electrons. The fourth-order valence-corrected chi connectivity index (χ4v) is 5.35. The van der Waals surface area contributed by atoms with E-state index in [9.17, 15) is 22.8 Å². The number of nitrogens with zero attached hydrogens (tertiary/aromatic N) is 5. The highest BCUT2D eigenvalue weighted by atomic mass is 19.4. The molecule has 7 nitrogen and oxygen atoms in total. The first-order valence-corrected chi connectivity index (χ1v) is 11.6. The third kappa shape index (κ3) is 4.09. The zero-order valence-corrected chi connectivity index (χ0v) is 19.0. The maximum absolute atomic E-state index is 13.8. The summed E-state index contributed by atoms with van der Waals surface area (Å²) in [4.78, 5) is 36.6. The number of hydrogen-bond acceptors (Lipinski definition) is 5. The molecule has 2 amide bonds. The molecule has 0 unspecified atom stereocenters. The predicted octanol–water partition coefficient (Wildman–Crippen LogP) is 3.34. The fraction of sp³-hybridized carbons (Fsp3) is 0.440. The molecule has 2 aromatic rings. The van der Waals surface area contributed by atoms with Gasteiger partial charge in [-0.15, -0.1) is 0 Å². The van der Waals surface area contributed by atoms with E-state index < -0.39 is 17.3 Å². The third-order valence-electron chi connectivity index (χ3n) is 7.28. The summed E-state index contributed by atoms with van der Waals surface area (Å²) in [6, 6.07) is 10.1. The lowest BCUT2D eigenvalue weighted by molar-refractivity contribution is -0.170. The van der Waals surface area contributed by atoms with E-state index in [1.165, 1.54) is 23.2 Å². The molecule has 0 bridgehead atoms. The van der Waals surface area contributed by atoms with Crippen molar-refractivity contribution in [2.45, 2.75) is 50.0 Å². The molecule has 10 heteroatoms. The van der Waals surface area contributed by atoms with Crippen molar-refractivity contribution >= 4 is 17.6 Å². The van der Waals surface area contributed by atoms with Gasteiger partial charge in [0.2, 0.25) is 5.91 Å². The predicted molar refractivity (Wildman–Crippen MR) is 120 cm³/mol. The highest BCUT2D eigenvalue weighted by Crippen LogP contribution is 2.39. The Bertz CT molecular complexity index is 1160. The number of nitriles is 1. The van der Waals surface area contributed by atoms with Crippen LogP contribution >= 0.6 is 0 Å². The van der Waals surface area contributed by atoms with E-state index in [1.807, 2.05) is 11.0 Å². The lowest BCUT2D eigenvalue weighted by atomic mass is 9.82. The Balaban J connectivity index is 1.42. The maximum Gasteiger partial charge on any atom is 0.416 e. The molecule has 1 aromatic heterocycles. The highest BCUT2D eigenvalue weighted by Gasteiger charge is 2.60. The molecule has 3 aliphatic rings. The Labute approximate surface area is 200 Å². The molecule has 1 aliphatic carbocycles. The Kier molecular flexibility index (Phi) is 5.66. The van der Waals surface area contributed by atoms with Gasteiger partial charge in [0.1, 0.15) is 18.4 Å². The monoisotopic (exact) mass is 483 g/mol. The minimum absolute atomic E-state index is 0.0129. The number of amides is 2. The standard InChI is InChI=1S/C25H24F3N5O2/c26-25(27,28)19-8-5-17(6-9-19)13-33-22(34)14-32(20-3-1-2-4-20)23(35)24(33)15-31(16-24)21-10-7-18(11-29)12-30-21/h5-10,12,20H,1-4,13-16H2. The first-order valence-electron chi connectivity index (χ1n) is 11.6. The van der Waals surface area contributed by atoms with Crippen LogP contribution in [0.5, 0.6) is 0 Å². The van der Waals surface area contributed by atoms with Crippen molar-refractivity contribution in [1.82, 2.24) is 14.8 Å². The van der Waals surface area contributed by atoms with Crippen LogP contribution in [-0.2, 0) is 22.3 Å². The second-order valence-corrected chi connectivity index (χ2v) is 9.45. The number of aromatic nitrogens is 1. The van der Waals surface area contributed by atoms with E-state index >= 15 is 0 Å². The molecular weight excluding hydrogens is 459 g/mol. The van der Waals surface area contributed by atoms with Gasteiger partial charge in [0.05, 0.1) is 24.2 Å². The molecule has 2 saturated heterocycles. The number of carbonyl (C=O) groups excluding carboxylic acids is 2. The summed E-state index contributed by atoms with van der Waals surface area (Å²) >= 11 is 0. The van der Waals surface area contributed by atoms with E-state index in [0.717, 1.165) is 37.8 Å². The molecule has 2 aliphatic heterocycles. The van der Waals surface area contributed by atoms with E-state index in [0.29, 0.717) is 16.9 Å².